The average molecular weight is 294 g/mol. The highest BCUT2D eigenvalue weighted by atomic mass is 35.5. The van der Waals surface area contributed by atoms with Crippen molar-refractivity contribution in [2.24, 2.45) is 0 Å². The zero-order valence-corrected chi connectivity index (χ0v) is 12.2. The Labute approximate surface area is 117 Å². The zero-order chi connectivity index (χ0) is 13.9. The van der Waals surface area contributed by atoms with Gasteiger partial charge in [0.25, 0.3) is 0 Å². The molecule has 0 aromatic heterocycles. The third-order valence-electron chi connectivity index (χ3n) is 3.06. The van der Waals surface area contributed by atoms with Crippen molar-refractivity contribution in [3.8, 4) is 0 Å². The first-order valence-electron chi connectivity index (χ1n) is 5.87. The van der Waals surface area contributed by atoms with E-state index in [0.717, 1.165) is 0 Å². The van der Waals surface area contributed by atoms with Crippen molar-refractivity contribution in [1.82, 2.24) is 5.32 Å². The number of nitrogens with one attached hydrogen (secondary N) is 1. The van der Waals surface area contributed by atoms with Gasteiger partial charge in [0.2, 0.25) is 0 Å². The lowest BCUT2D eigenvalue weighted by Gasteiger charge is -2.25. The topological polar surface area (TPSA) is 32.3 Å². The highest BCUT2D eigenvalue weighted by Crippen LogP contribution is 2.28. The average Bonchev–Trinajstić information content (AvgIpc) is 2.31. The van der Waals surface area contributed by atoms with Crippen molar-refractivity contribution in [3.05, 3.63) is 33.6 Å². The molecule has 0 saturated carbocycles. The molecule has 1 aromatic carbocycles. The third kappa shape index (κ3) is 4.09. The molecule has 0 aliphatic rings. The van der Waals surface area contributed by atoms with Crippen LogP contribution in [0.1, 0.15) is 38.8 Å². The number of halogens is 3. The van der Waals surface area contributed by atoms with Gasteiger partial charge in [-0.15, -0.1) is 0 Å². The van der Waals surface area contributed by atoms with E-state index in [1.165, 1.54) is 12.1 Å². The van der Waals surface area contributed by atoms with E-state index < -0.39 is 11.4 Å². The van der Waals surface area contributed by atoms with E-state index in [4.69, 9.17) is 23.2 Å². The summed E-state index contributed by atoms with van der Waals surface area (Å²) in [5, 5.41) is 13.5. The minimum Gasteiger partial charge on any atom is -0.389 e. The Kier molecular flexibility index (Phi) is 5.41. The van der Waals surface area contributed by atoms with Gasteiger partial charge in [0.15, 0.2) is 0 Å². The summed E-state index contributed by atoms with van der Waals surface area (Å²) < 4.78 is 13.4. The van der Waals surface area contributed by atoms with Crippen LogP contribution in [-0.2, 0) is 0 Å². The molecular formula is C13H18Cl2FNO. The molecule has 102 valence electrons. The van der Waals surface area contributed by atoms with Crippen LogP contribution in [0, 0.1) is 5.82 Å². The Morgan fingerprint density at radius 2 is 2.00 bits per heavy atom. The molecule has 0 amide bonds. The van der Waals surface area contributed by atoms with E-state index in [2.05, 4.69) is 5.32 Å². The van der Waals surface area contributed by atoms with E-state index in [9.17, 15) is 9.50 Å². The van der Waals surface area contributed by atoms with Crippen molar-refractivity contribution in [2.45, 2.75) is 38.8 Å². The predicted octanol–water partition coefficient (Wildman–Crippen LogP) is 3.94. The second kappa shape index (κ2) is 6.20. The monoisotopic (exact) mass is 293 g/mol. The minimum absolute atomic E-state index is 0.0107. The summed E-state index contributed by atoms with van der Waals surface area (Å²) >= 11 is 11.7. The van der Waals surface area contributed by atoms with Crippen molar-refractivity contribution >= 4 is 23.2 Å². The van der Waals surface area contributed by atoms with Crippen molar-refractivity contribution in [3.63, 3.8) is 0 Å². The summed E-state index contributed by atoms with van der Waals surface area (Å²) in [6, 6.07) is 2.55. The van der Waals surface area contributed by atoms with Gasteiger partial charge in [-0.25, -0.2) is 4.39 Å². The number of hydrogen-bond donors (Lipinski definition) is 2. The van der Waals surface area contributed by atoms with Gasteiger partial charge >= 0.3 is 0 Å². The Morgan fingerprint density at radius 3 is 2.56 bits per heavy atom. The lowest BCUT2D eigenvalue weighted by molar-refractivity contribution is 0.0533. The van der Waals surface area contributed by atoms with Crippen LogP contribution in [0.4, 0.5) is 4.39 Å². The second-order valence-corrected chi connectivity index (χ2v) is 5.56. The fourth-order valence-corrected chi connectivity index (χ4v) is 2.02. The summed E-state index contributed by atoms with van der Waals surface area (Å²) in [4.78, 5) is 0. The zero-order valence-electron chi connectivity index (χ0n) is 10.7. The quantitative estimate of drug-likeness (QED) is 0.806. The van der Waals surface area contributed by atoms with Crippen LogP contribution in [0.3, 0.4) is 0 Å². The summed E-state index contributed by atoms with van der Waals surface area (Å²) in [5.41, 5.74) is -0.156. The number of rotatable bonds is 5. The normalized spacial score (nSPS) is 16.4. The Bertz CT molecular complexity index is 424. The molecule has 0 radical (unpaired) electrons. The highest BCUT2D eigenvalue weighted by Gasteiger charge is 2.20. The van der Waals surface area contributed by atoms with Gasteiger partial charge in [-0.05, 0) is 38.0 Å². The van der Waals surface area contributed by atoms with Crippen molar-refractivity contribution in [1.29, 1.82) is 0 Å². The Balaban J connectivity index is 2.79. The number of aliphatic hydroxyl groups is 1. The molecule has 0 spiro atoms. The van der Waals surface area contributed by atoms with Crippen molar-refractivity contribution < 1.29 is 9.50 Å². The molecule has 0 saturated heterocycles. The van der Waals surface area contributed by atoms with Gasteiger partial charge in [0.05, 0.1) is 10.6 Å². The largest absolute Gasteiger partial charge is 0.389 e. The fraction of sp³-hybridized carbons (Fsp3) is 0.538. The molecule has 18 heavy (non-hydrogen) atoms. The van der Waals surface area contributed by atoms with Gasteiger partial charge in [0, 0.05) is 17.6 Å². The van der Waals surface area contributed by atoms with Gasteiger partial charge < -0.3 is 10.4 Å². The Hall–Kier alpha value is -0.350. The summed E-state index contributed by atoms with van der Waals surface area (Å²) in [5.74, 6) is -0.494. The van der Waals surface area contributed by atoms with Crippen LogP contribution >= 0.6 is 23.2 Å². The molecule has 1 aromatic rings. The van der Waals surface area contributed by atoms with Crippen LogP contribution < -0.4 is 5.32 Å². The molecule has 0 bridgehead atoms. The standard InChI is InChI=1S/C13H18Cl2FNO/c1-4-13(3,18)7-17-8(2)9-5-12(16)11(15)6-10(9)14/h5-6,8,17-18H,4,7H2,1-3H3. The third-order valence-corrected chi connectivity index (χ3v) is 3.67. The van der Waals surface area contributed by atoms with E-state index in [1.807, 2.05) is 13.8 Å². The summed E-state index contributed by atoms with van der Waals surface area (Å²) in [6.07, 6.45) is 0.634. The molecule has 0 aliphatic carbocycles. The Morgan fingerprint density at radius 1 is 1.39 bits per heavy atom. The molecule has 5 heteroatoms. The van der Waals surface area contributed by atoms with Gasteiger partial charge in [-0.1, -0.05) is 30.1 Å². The SMILES string of the molecule is CCC(C)(O)CNC(C)c1cc(F)c(Cl)cc1Cl. The molecule has 0 aliphatic heterocycles. The highest BCUT2D eigenvalue weighted by molar-refractivity contribution is 6.35. The molecule has 1 rings (SSSR count). The maximum Gasteiger partial charge on any atom is 0.142 e. The number of benzene rings is 1. The van der Waals surface area contributed by atoms with Crippen molar-refractivity contribution in [2.75, 3.05) is 6.54 Å². The predicted molar refractivity (Wildman–Crippen MR) is 73.8 cm³/mol. The molecule has 0 heterocycles. The van der Waals surface area contributed by atoms with E-state index in [-0.39, 0.29) is 11.1 Å². The van der Waals surface area contributed by atoms with Crippen LogP contribution in [0.2, 0.25) is 10.0 Å². The maximum absolute atomic E-state index is 13.4. The molecule has 0 fully saturated rings. The van der Waals surface area contributed by atoms with Gasteiger partial charge in [0.1, 0.15) is 5.82 Å². The van der Waals surface area contributed by atoms with Crippen LogP contribution in [0.25, 0.3) is 0 Å². The molecule has 2 unspecified atom stereocenters. The first kappa shape index (κ1) is 15.7. The number of hydrogen-bond acceptors (Lipinski definition) is 2. The van der Waals surface area contributed by atoms with Crippen LogP contribution in [0.15, 0.2) is 12.1 Å². The van der Waals surface area contributed by atoms with Crippen LogP contribution in [0.5, 0.6) is 0 Å². The smallest absolute Gasteiger partial charge is 0.142 e. The lowest BCUT2D eigenvalue weighted by atomic mass is 10.0. The first-order chi connectivity index (χ1) is 8.26. The second-order valence-electron chi connectivity index (χ2n) is 4.74. The molecule has 2 N–H and O–H groups in total. The molecule has 2 atom stereocenters. The molecule has 2 nitrogen and oxygen atoms in total. The van der Waals surface area contributed by atoms with Gasteiger partial charge in [-0.2, -0.15) is 0 Å². The minimum atomic E-state index is -0.786. The lowest BCUT2D eigenvalue weighted by Crippen LogP contribution is -2.38. The van der Waals surface area contributed by atoms with E-state index >= 15 is 0 Å². The fourth-order valence-electron chi connectivity index (χ4n) is 1.48. The first-order valence-corrected chi connectivity index (χ1v) is 6.62. The summed E-state index contributed by atoms with van der Waals surface area (Å²) in [7, 11) is 0. The van der Waals surface area contributed by atoms with E-state index in [1.54, 1.807) is 6.92 Å². The van der Waals surface area contributed by atoms with Crippen LogP contribution in [-0.4, -0.2) is 17.3 Å². The van der Waals surface area contributed by atoms with E-state index in [0.29, 0.717) is 23.6 Å². The van der Waals surface area contributed by atoms with Gasteiger partial charge in [-0.3, -0.25) is 0 Å². The molecular weight excluding hydrogens is 276 g/mol. The maximum atomic E-state index is 13.4. The summed E-state index contributed by atoms with van der Waals surface area (Å²) in [6.45, 7) is 5.92.